The van der Waals surface area contributed by atoms with Crippen LogP contribution in [0.2, 0.25) is 0 Å². The first-order valence-electron chi connectivity index (χ1n) is 6.75. The number of aromatic nitrogens is 5. The van der Waals surface area contributed by atoms with Crippen LogP contribution in [0.5, 0.6) is 5.88 Å². The van der Waals surface area contributed by atoms with Gasteiger partial charge < -0.3 is 9.72 Å². The van der Waals surface area contributed by atoms with Gasteiger partial charge in [-0.05, 0) is 13.0 Å². The summed E-state index contributed by atoms with van der Waals surface area (Å²) in [7, 11) is 0. The molecular weight excluding hydrogens is 266 g/mol. The third-order valence-electron chi connectivity index (χ3n) is 3.36. The predicted octanol–water partition coefficient (Wildman–Crippen LogP) is 2.67. The Hall–Kier alpha value is -2.89. The summed E-state index contributed by atoms with van der Waals surface area (Å²) < 4.78 is 7.32. The Labute approximate surface area is 120 Å². The molecule has 0 spiro atoms. The molecule has 0 saturated carbocycles. The lowest BCUT2D eigenvalue weighted by molar-refractivity contribution is 0.328. The standard InChI is InChI=1S/C15H13N5O/c1-2-21-13-4-3-11-12(8-17-14(11)19-13)10-7-18-15-16-5-6-20(15)9-10/h3-9H,2H2,1H3,(H,17,19). The minimum Gasteiger partial charge on any atom is -0.478 e. The Kier molecular flexibility index (Phi) is 2.60. The molecule has 4 aromatic rings. The number of fused-ring (bicyclic) bond motifs is 2. The average Bonchev–Trinajstić information content (AvgIpc) is 3.12. The number of hydrogen-bond donors (Lipinski definition) is 1. The van der Waals surface area contributed by atoms with E-state index in [1.54, 1.807) is 6.20 Å². The van der Waals surface area contributed by atoms with Crippen LogP contribution in [0.1, 0.15) is 6.92 Å². The third-order valence-corrected chi connectivity index (χ3v) is 3.36. The average molecular weight is 279 g/mol. The molecule has 0 aliphatic heterocycles. The molecule has 0 aliphatic carbocycles. The molecule has 0 atom stereocenters. The number of hydrogen-bond acceptors (Lipinski definition) is 4. The highest BCUT2D eigenvalue weighted by atomic mass is 16.5. The van der Waals surface area contributed by atoms with E-state index in [4.69, 9.17) is 4.74 Å². The molecule has 21 heavy (non-hydrogen) atoms. The van der Waals surface area contributed by atoms with Crippen LogP contribution in [0.4, 0.5) is 0 Å². The summed E-state index contributed by atoms with van der Waals surface area (Å²) in [6.07, 6.45) is 9.38. The van der Waals surface area contributed by atoms with E-state index in [0.717, 1.165) is 22.2 Å². The molecule has 6 heteroatoms. The predicted molar refractivity (Wildman–Crippen MR) is 79.2 cm³/mol. The maximum absolute atomic E-state index is 5.42. The van der Waals surface area contributed by atoms with Crippen molar-refractivity contribution in [2.75, 3.05) is 6.61 Å². The topological polar surface area (TPSA) is 68.1 Å². The smallest absolute Gasteiger partial charge is 0.233 e. The molecule has 0 saturated heterocycles. The fraction of sp³-hybridized carbons (Fsp3) is 0.133. The quantitative estimate of drug-likeness (QED) is 0.626. The van der Waals surface area contributed by atoms with Crippen molar-refractivity contribution in [1.29, 1.82) is 0 Å². The van der Waals surface area contributed by atoms with E-state index in [1.807, 2.05) is 48.2 Å². The molecule has 0 radical (unpaired) electrons. The maximum atomic E-state index is 5.42. The van der Waals surface area contributed by atoms with Crippen LogP contribution in [0.25, 0.3) is 27.9 Å². The van der Waals surface area contributed by atoms with Crippen LogP contribution in [0, 0.1) is 0 Å². The second kappa shape index (κ2) is 4.59. The van der Waals surface area contributed by atoms with Crippen LogP contribution >= 0.6 is 0 Å². The summed E-state index contributed by atoms with van der Waals surface area (Å²) in [5.41, 5.74) is 2.88. The fourth-order valence-electron chi connectivity index (χ4n) is 2.41. The summed E-state index contributed by atoms with van der Waals surface area (Å²) in [6.45, 7) is 2.55. The number of H-pyrrole nitrogens is 1. The summed E-state index contributed by atoms with van der Waals surface area (Å²) in [6, 6.07) is 3.89. The Morgan fingerprint density at radius 3 is 3.14 bits per heavy atom. The molecule has 0 amide bonds. The van der Waals surface area contributed by atoms with E-state index in [1.165, 1.54) is 0 Å². The first-order valence-corrected chi connectivity index (χ1v) is 6.75. The summed E-state index contributed by atoms with van der Waals surface area (Å²) >= 11 is 0. The van der Waals surface area contributed by atoms with Gasteiger partial charge in [0.15, 0.2) is 0 Å². The van der Waals surface area contributed by atoms with Crippen LogP contribution < -0.4 is 4.74 Å². The highest BCUT2D eigenvalue weighted by molar-refractivity contribution is 5.93. The SMILES string of the molecule is CCOc1ccc2c(-c3cnc4nccn4c3)c[nH]c2n1. The first-order chi connectivity index (χ1) is 10.3. The third kappa shape index (κ3) is 1.92. The molecule has 4 aromatic heterocycles. The van der Waals surface area contributed by atoms with Gasteiger partial charge in [-0.15, -0.1) is 0 Å². The van der Waals surface area contributed by atoms with Gasteiger partial charge in [-0.2, -0.15) is 4.98 Å². The summed E-state index contributed by atoms with van der Waals surface area (Å²) in [5.74, 6) is 1.32. The van der Waals surface area contributed by atoms with Gasteiger partial charge in [0.05, 0.1) is 6.61 Å². The molecule has 0 bridgehead atoms. The van der Waals surface area contributed by atoms with E-state index in [2.05, 4.69) is 19.9 Å². The van der Waals surface area contributed by atoms with Crippen LogP contribution in [0.15, 0.2) is 43.1 Å². The number of imidazole rings is 1. The Balaban J connectivity index is 1.85. The van der Waals surface area contributed by atoms with Crippen LogP contribution in [0.3, 0.4) is 0 Å². The molecule has 1 N–H and O–H groups in total. The van der Waals surface area contributed by atoms with E-state index >= 15 is 0 Å². The van der Waals surface area contributed by atoms with Gasteiger partial charge in [0.25, 0.3) is 0 Å². The van der Waals surface area contributed by atoms with E-state index in [9.17, 15) is 0 Å². The Morgan fingerprint density at radius 2 is 2.24 bits per heavy atom. The van der Waals surface area contributed by atoms with E-state index in [-0.39, 0.29) is 0 Å². The van der Waals surface area contributed by atoms with Crippen molar-refractivity contribution < 1.29 is 4.74 Å². The van der Waals surface area contributed by atoms with Crippen molar-refractivity contribution in [2.45, 2.75) is 6.92 Å². The lowest BCUT2D eigenvalue weighted by atomic mass is 10.1. The van der Waals surface area contributed by atoms with Crippen molar-refractivity contribution in [2.24, 2.45) is 0 Å². The van der Waals surface area contributed by atoms with E-state index in [0.29, 0.717) is 18.3 Å². The highest BCUT2D eigenvalue weighted by Gasteiger charge is 2.09. The maximum Gasteiger partial charge on any atom is 0.233 e. The number of pyridine rings is 1. The molecular formula is C15H13N5O. The number of nitrogens with zero attached hydrogens (tertiary/aromatic N) is 4. The van der Waals surface area contributed by atoms with E-state index < -0.39 is 0 Å². The second-order valence-electron chi connectivity index (χ2n) is 4.66. The zero-order valence-corrected chi connectivity index (χ0v) is 11.4. The zero-order valence-electron chi connectivity index (χ0n) is 11.4. The number of aromatic amines is 1. The lowest BCUT2D eigenvalue weighted by Crippen LogP contribution is -1.94. The second-order valence-corrected chi connectivity index (χ2v) is 4.66. The molecule has 0 fully saturated rings. The van der Waals surface area contributed by atoms with Crippen molar-refractivity contribution >= 4 is 16.8 Å². The fourth-order valence-corrected chi connectivity index (χ4v) is 2.41. The van der Waals surface area contributed by atoms with Gasteiger partial charge in [0.2, 0.25) is 11.7 Å². The lowest BCUT2D eigenvalue weighted by Gasteiger charge is -2.02. The molecule has 0 aromatic carbocycles. The molecule has 0 aliphatic rings. The van der Waals surface area contributed by atoms with Gasteiger partial charge in [-0.1, -0.05) is 0 Å². The van der Waals surface area contributed by atoms with Crippen molar-refractivity contribution in [3.63, 3.8) is 0 Å². The minimum absolute atomic E-state index is 0.604. The van der Waals surface area contributed by atoms with Gasteiger partial charge in [-0.3, -0.25) is 4.40 Å². The molecule has 104 valence electrons. The van der Waals surface area contributed by atoms with Crippen LogP contribution in [-0.2, 0) is 0 Å². The van der Waals surface area contributed by atoms with Gasteiger partial charge in [0.1, 0.15) is 5.65 Å². The Morgan fingerprint density at radius 1 is 1.29 bits per heavy atom. The van der Waals surface area contributed by atoms with Crippen molar-refractivity contribution in [1.82, 2.24) is 24.3 Å². The molecule has 4 rings (SSSR count). The normalized spacial score (nSPS) is 11.3. The van der Waals surface area contributed by atoms with Crippen molar-refractivity contribution in [3.8, 4) is 17.0 Å². The monoisotopic (exact) mass is 279 g/mol. The molecule has 0 unspecified atom stereocenters. The van der Waals surface area contributed by atoms with Gasteiger partial charge in [-0.25, -0.2) is 9.97 Å². The highest BCUT2D eigenvalue weighted by Crippen LogP contribution is 2.28. The Bertz CT molecular complexity index is 924. The first kappa shape index (κ1) is 11.9. The number of nitrogens with one attached hydrogen (secondary N) is 1. The van der Waals surface area contributed by atoms with Crippen LogP contribution in [-0.4, -0.2) is 30.9 Å². The molecule has 4 heterocycles. The number of rotatable bonds is 3. The minimum atomic E-state index is 0.604. The van der Waals surface area contributed by atoms with Crippen molar-refractivity contribution in [3.05, 3.63) is 43.1 Å². The largest absolute Gasteiger partial charge is 0.478 e. The van der Waals surface area contributed by atoms with Gasteiger partial charge in [0, 0.05) is 53.6 Å². The molecule has 6 nitrogen and oxygen atoms in total. The summed E-state index contributed by atoms with van der Waals surface area (Å²) in [4.78, 5) is 16.1. The zero-order chi connectivity index (χ0) is 14.2. The number of ether oxygens (including phenoxy) is 1. The van der Waals surface area contributed by atoms with Gasteiger partial charge >= 0.3 is 0 Å². The summed E-state index contributed by atoms with van der Waals surface area (Å²) in [5, 5.41) is 1.04.